The van der Waals surface area contributed by atoms with E-state index in [-0.39, 0.29) is 11.7 Å². The minimum absolute atomic E-state index is 0.0946. The van der Waals surface area contributed by atoms with Gasteiger partial charge in [-0.25, -0.2) is 0 Å². The molecule has 2 aliphatic heterocycles. The van der Waals surface area contributed by atoms with E-state index in [4.69, 9.17) is 10.00 Å². The topological polar surface area (TPSA) is 56.5 Å². The smallest absolute Gasteiger partial charge is 0.0991 e. The van der Waals surface area contributed by atoms with Crippen molar-refractivity contribution in [2.45, 2.75) is 43.9 Å². The van der Waals surface area contributed by atoms with E-state index in [1.165, 1.54) is 5.56 Å². The number of ether oxygens (including phenoxy) is 1. The Morgan fingerprint density at radius 1 is 1.38 bits per heavy atom. The fourth-order valence-corrected chi connectivity index (χ4v) is 3.47. The molecule has 2 heterocycles. The second-order valence-electron chi connectivity index (χ2n) is 6.27. The summed E-state index contributed by atoms with van der Waals surface area (Å²) in [6.45, 7) is 3.55. The maximum atomic E-state index is 9.86. The number of rotatable bonds is 2. The van der Waals surface area contributed by atoms with Gasteiger partial charge in [-0.3, -0.25) is 4.90 Å². The zero-order valence-corrected chi connectivity index (χ0v) is 12.3. The van der Waals surface area contributed by atoms with Crippen LogP contribution in [0.4, 0.5) is 0 Å². The standard InChI is InChI=1S/C17H22N2O2/c18-12-14-2-1-3-15(10-14)13-19-7-5-17(6-8-19)11-16(20)4-9-21-17/h1-3,10,16,20H,4-9,11,13H2. The lowest BCUT2D eigenvalue weighted by atomic mass is 9.83. The molecule has 112 valence electrons. The van der Waals surface area contributed by atoms with Crippen molar-refractivity contribution >= 4 is 0 Å². The van der Waals surface area contributed by atoms with Gasteiger partial charge in [-0.2, -0.15) is 5.26 Å². The van der Waals surface area contributed by atoms with E-state index < -0.39 is 0 Å². The number of nitrogens with zero attached hydrogens (tertiary/aromatic N) is 2. The molecule has 0 bridgehead atoms. The van der Waals surface area contributed by atoms with Crippen LogP contribution in [-0.2, 0) is 11.3 Å². The molecule has 4 nitrogen and oxygen atoms in total. The van der Waals surface area contributed by atoms with E-state index in [1.54, 1.807) is 0 Å². The van der Waals surface area contributed by atoms with Gasteiger partial charge < -0.3 is 9.84 Å². The van der Waals surface area contributed by atoms with Crippen LogP contribution in [0.1, 0.15) is 36.8 Å². The molecule has 1 aromatic carbocycles. The Bertz CT molecular complexity index is 530. The van der Waals surface area contributed by atoms with E-state index in [2.05, 4.69) is 17.0 Å². The summed E-state index contributed by atoms with van der Waals surface area (Å²) in [7, 11) is 0. The number of piperidine rings is 1. The normalized spacial score (nSPS) is 25.6. The van der Waals surface area contributed by atoms with Crippen LogP contribution in [0.2, 0.25) is 0 Å². The highest BCUT2D eigenvalue weighted by molar-refractivity contribution is 5.32. The molecule has 0 saturated carbocycles. The van der Waals surface area contributed by atoms with Crippen molar-refractivity contribution < 1.29 is 9.84 Å². The van der Waals surface area contributed by atoms with E-state index in [0.717, 1.165) is 50.9 Å². The zero-order valence-electron chi connectivity index (χ0n) is 12.3. The molecule has 21 heavy (non-hydrogen) atoms. The van der Waals surface area contributed by atoms with Crippen molar-refractivity contribution in [2.24, 2.45) is 0 Å². The first-order valence-corrected chi connectivity index (χ1v) is 7.73. The lowest BCUT2D eigenvalue weighted by molar-refractivity contribution is -0.143. The molecule has 1 spiro atoms. The Hall–Kier alpha value is -1.41. The van der Waals surface area contributed by atoms with Gasteiger partial charge in [-0.05, 0) is 37.0 Å². The average Bonchev–Trinajstić information content (AvgIpc) is 2.50. The minimum atomic E-state index is -0.197. The maximum Gasteiger partial charge on any atom is 0.0991 e. The van der Waals surface area contributed by atoms with Gasteiger partial charge >= 0.3 is 0 Å². The van der Waals surface area contributed by atoms with Crippen LogP contribution in [0.25, 0.3) is 0 Å². The largest absolute Gasteiger partial charge is 0.393 e. The van der Waals surface area contributed by atoms with Gasteiger partial charge in [0.15, 0.2) is 0 Å². The highest BCUT2D eigenvalue weighted by Gasteiger charge is 2.39. The Morgan fingerprint density at radius 3 is 2.90 bits per heavy atom. The van der Waals surface area contributed by atoms with E-state index in [9.17, 15) is 5.11 Å². The van der Waals surface area contributed by atoms with Crippen molar-refractivity contribution in [3.8, 4) is 6.07 Å². The van der Waals surface area contributed by atoms with E-state index >= 15 is 0 Å². The van der Waals surface area contributed by atoms with Crippen LogP contribution in [0.15, 0.2) is 24.3 Å². The molecule has 0 aromatic heterocycles. The van der Waals surface area contributed by atoms with Crippen LogP contribution >= 0.6 is 0 Å². The van der Waals surface area contributed by atoms with Crippen LogP contribution in [0, 0.1) is 11.3 Å². The number of aliphatic hydroxyl groups excluding tert-OH is 1. The van der Waals surface area contributed by atoms with Crippen molar-refractivity contribution in [3.63, 3.8) is 0 Å². The first kappa shape index (κ1) is 14.5. The van der Waals surface area contributed by atoms with Crippen LogP contribution in [-0.4, -0.2) is 41.4 Å². The Morgan fingerprint density at radius 2 is 2.19 bits per heavy atom. The summed E-state index contributed by atoms with van der Waals surface area (Å²) in [4.78, 5) is 2.41. The number of likely N-dealkylation sites (tertiary alicyclic amines) is 1. The van der Waals surface area contributed by atoms with Crippen molar-refractivity contribution in [2.75, 3.05) is 19.7 Å². The van der Waals surface area contributed by atoms with Gasteiger partial charge in [0, 0.05) is 32.7 Å². The second kappa shape index (κ2) is 6.15. The van der Waals surface area contributed by atoms with Gasteiger partial charge in [0.25, 0.3) is 0 Å². The predicted octanol–water partition coefficient (Wildman–Crippen LogP) is 2.06. The Kier molecular flexibility index (Phi) is 4.25. The predicted molar refractivity (Wildman–Crippen MR) is 79.6 cm³/mol. The average molecular weight is 286 g/mol. The molecule has 1 atom stereocenters. The van der Waals surface area contributed by atoms with Gasteiger partial charge in [0.2, 0.25) is 0 Å². The molecule has 0 radical (unpaired) electrons. The maximum absolute atomic E-state index is 9.86. The Labute approximate surface area is 125 Å². The van der Waals surface area contributed by atoms with Gasteiger partial charge in [-0.15, -0.1) is 0 Å². The summed E-state index contributed by atoms with van der Waals surface area (Å²) in [5, 5.41) is 18.8. The molecule has 0 amide bonds. The minimum Gasteiger partial charge on any atom is -0.393 e. The monoisotopic (exact) mass is 286 g/mol. The van der Waals surface area contributed by atoms with Gasteiger partial charge in [0.1, 0.15) is 0 Å². The third-order valence-corrected chi connectivity index (χ3v) is 4.70. The third kappa shape index (κ3) is 3.44. The summed E-state index contributed by atoms with van der Waals surface area (Å²) in [5.74, 6) is 0. The highest BCUT2D eigenvalue weighted by atomic mass is 16.5. The molecular formula is C17H22N2O2. The summed E-state index contributed by atoms with van der Waals surface area (Å²) in [6, 6.07) is 10.0. The van der Waals surface area contributed by atoms with Crippen molar-refractivity contribution in [1.82, 2.24) is 4.90 Å². The third-order valence-electron chi connectivity index (χ3n) is 4.70. The SMILES string of the molecule is N#Cc1cccc(CN2CCC3(CC2)CC(O)CCO3)c1. The molecule has 3 rings (SSSR count). The van der Waals surface area contributed by atoms with Crippen LogP contribution in [0.3, 0.4) is 0 Å². The quantitative estimate of drug-likeness (QED) is 0.904. The fraction of sp³-hybridized carbons (Fsp3) is 0.588. The first-order chi connectivity index (χ1) is 10.2. The zero-order chi connectivity index (χ0) is 14.7. The van der Waals surface area contributed by atoms with Crippen LogP contribution in [0.5, 0.6) is 0 Å². The lowest BCUT2D eigenvalue weighted by Crippen LogP contribution is -2.50. The summed E-state index contributed by atoms with van der Waals surface area (Å²) in [6.07, 6.45) is 3.33. The number of aliphatic hydroxyl groups is 1. The number of hydrogen-bond donors (Lipinski definition) is 1. The molecule has 2 aliphatic rings. The number of nitriles is 1. The second-order valence-corrected chi connectivity index (χ2v) is 6.27. The highest BCUT2D eigenvalue weighted by Crippen LogP contribution is 2.35. The fourth-order valence-electron chi connectivity index (χ4n) is 3.47. The van der Waals surface area contributed by atoms with E-state index in [1.807, 2.05) is 18.2 Å². The molecule has 0 aliphatic carbocycles. The molecule has 1 N–H and O–H groups in total. The Balaban J connectivity index is 1.57. The van der Waals surface area contributed by atoms with Crippen LogP contribution < -0.4 is 0 Å². The van der Waals surface area contributed by atoms with Crippen molar-refractivity contribution in [3.05, 3.63) is 35.4 Å². The summed E-state index contributed by atoms with van der Waals surface area (Å²) in [5.41, 5.74) is 1.82. The molecule has 2 fully saturated rings. The molecule has 4 heteroatoms. The van der Waals surface area contributed by atoms with Gasteiger partial charge in [0.05, 0.1) is 23.3 Å². The number of hydrogen-bond acceptors (Lipinski definition) is 4. The van der Waals surface area contributed by atoms with Crippen molar-refractivity contribution in [1.29, 1.82) is 5.26 Å². The lowest BCUT2D eigenvalue weighted by Gasteiger charge is -2.45. The number of benzene rings is 1. The summed E-state index contributed by atoms with van der Waals surface area (Å²) >= 11 is 0. The summed E-state index contributed by atoms with van der Waals surface area (Å²) < 4.78 is 5.98. The van der Waals surface area contributed by atoms with E-state index in [0.29, 0.717) is 6.61 Å². The molecule has 2 saturated heterocycles. The molecular weight excluding hydrogens is 264 g/mol. The molecule has 1 aromatic rings. The van der Waals surface area contributed by atoms with Gasteiger partial charge in [-0.1, -0.05) is 12.1 Å². The first-order valence-electron chi connectivity index (χ1n) is 7.73. The molecule has 1 unspecified atom stereocenters.